The van der Waals surface area contributed by atoms with Crippen LogP contribution in [0.1, 0.15) is 15.9 Å². The third-order valence-corrected chi connectivity index (χ3v) is 3.02. The summed E-state index contributed by atoms with van der Waals surface area (Å²) in [6.45, 7) is 0. The molecule has 0 radical (unpaired) electrons. The Hall–Kier alpha value is -1.89. The number of ketones is 1. The van der Waals surface area contributed by atoms with Crippen molar-refractivity contribution in [2.45, 2.75) is 6.36 Å². The summed E-state index contributed by atoms with van der Waals surface area (Å²) in [5.41, 5.74) is 0.635. The molecule has 0 unspecified atom stereocenters. The van der Waals surface area contributed by atoms with Crippen LogP contribution in [0.5, 0.6) is 5.75 Å². The first kappa shape index (κ1) is 14.5. The van der Waals surface area contributed by atoms with E-state index in [2.05, 4.69) is 25.7 Å². The fourth-order valence-corrected chi connectivity index (χ4v) is 2.07. The predicted molar refractivity (Wildman–Crippen MR) is 68.5 cm³/mol. The number of carbonyl (C=O) groups excluding carboxylic acids is 1. The molecule has 0 amide bonds. The quantitative estimate of drug-likeness (QED) is 0.790. The molecule has 1 heterocycles. The summed E-state index contributed by atoms with van der Waals surface area (Å²) in [7, 11) is 0. The largest absolute Gasteiger partial charge is 0.573 e. The summed E-state index contributed by atoms with van der Waals surface area (Å²) in [6.07, 6.45) is -1.85. The third kappa shape index (κ3) is 3.57. The molecule has 0 aliphatic carbocycles. The van der Waals surface area contributed by atoms with Gasteiger partial charge in [-0.3, -0.25) is 9.78 Å². The second kappa shape index (κ2) is 5.62. The summed E-state index contributed by atoms with van der Waals surface area (Å²) in [6, 6.07) is 6.51. The van der Waals surface area contributed by atoms with E-state index in [0.717, 1.165) is 12.1 Å². The number of nitrogens with zero attached hydrogens (tertiary/aromatic N) is 1. The Morgan fingerprint density at radius 2 is 1.80 bits per heavy atom. The molecule has 0 bridgehead atoms. The maximum Gasteiger partial charge on any atom is 0.573 e. The zero-order chi connectivity index (χ0) is 14.8. The van der Waals surface area contributed by atoms with Crippen molar-refractivity contribution in [1.82, 2.24) is 4.98 Å². The van der Waals surface area contributed by atoms with Crippen LogP contribution in [0.4, 0.5) is 13.2 Å². The number of aromatic nitrogens is 1. The molecule has 1 aromatic carbocycles. The second-order valence-corrected chi connectivity index (χ2v) is 4.61. The van der Waals surface area contributed by atoms with E-state index < -0.39 is 12.1 Å². The molecular weight excluding hydrogens is 339 g/mol. The number of halogens is 4. The molecule has 20 heavy (non-hydrogen) atoms. The van der Waals surface area contributed by atoms with Gasteiger partial charge in [0, 0.05) is 28.0 Å². The molecule has 0 saturated heterocycles. The van der Waals surface area contributed by atoms with E-state index in [1.807, 2.05) is 0 Å². The number of alkyl halides is 3. The van der Waals surface area contributed by atoms with E-state index in [4.69, 9.17) is 0 Å². The van der Waals surface area contributed by atoms with Crippen LogP contribution < -0.4 is 4.74 Å². The van der Waals surface area contributed by atoms with E-state index in [1.165, 1.54) is 30.6 Å². The minimum absolute atomic E-state index is 0.223. The van der Waals surface area contributed by atoms with Crippen molar-refractivity contribution in [2.24, 2.45) is 0 Å². The highest BCUT2D eigenvalue weighted by Crippen LogP contribution is 2.28. The van der Waals surface area contributed by atoms with Crippen LogP contribution in [0.25, 0.3) is 0 Å². The number of rotatable bonds is 3. The van der Waals surface area contributed by atoms with Crippen LogP contribution in [0, 0.1) is 0 Å². The van der Waals surface area contributed by atoms with Crippen molar-refractivity contribution >= 4 is 21.7 Å². The molecular formula is C13H7BrF3NO2. The van der Waals surface area contributed by atoms with Gasteiger partial charge in [0.15, 0.2) is 5.78 Å². The number of hydrogen-bond donors (Lipinski definition) is 0. The summed E-state index contributed by atoms with van der Waals surface area (Å²) >= 11 is 3.07. The lowest BCUT2D eigenvalue weighted by Crippen LogP contribution is -2.17. The number of benzene rings is 1. The Balaban J connectivity index is 2.29. The molecule has 0 spiro atoms. The van der Waals surface area contributed by atoms with Crippen molar-refractivity contribution in [3.8, 4) is 5.75 Å². The van der Waals surface area contributed by atoms with Gasteiger partial charge in [0.1, 0.15) is 5.75 Å². The first-order valence-corrected chi connectivity index (χ1v) is 6.16. The molecule has 7 heteroatoms. The highest BCUT2D eigenvalue weighted by atomic mass is 79.9. The molecule has 0 saturated carbocycles. The zero-order valence-electron chi connectivity index (χ0n) is 9.82. The van der Waals surface area contributed by atoms with E-state index >= 15 is 0 Å². The van der Waals surface area contributed by atoms with Gasteiger partial charge in [-0.1, -0.05) is 0 Å². The summed E-state index contributed by atoms with van der Waals surface area (Å²) in [5.74, 6) is -0.714. The average Bonchev–Trinajstić information content (AvgIpc) is 2.37. The molecule has 104 valence electrons. The van der Waals surface area contributed by atoms with Crippen molar-refractivity contribution < 1.29 is 22.7 Å². The minimum atomic E-state index is -4.77. The second-order valence-electron chi connectivity index (χ2n) is 3.75. The molecule has 1 aromatic heterocycles. The predicted octanol–water partition coefficient (Wildman–Crippen LogP) is 3.97. The topological polar surface area (TPSA) is 39.2 Å². The van der Waals surface area contributed by atoms with Crippen LogP contribution in [0.3, 0.4) is 0 Å². The minimum Gasteiger partial charge on any atom is -0.406 e. The van der Waals surface area contributed by atoms with Crippen molar-refractivity contribution in [3.05, 3.63) is 58.3 Å². The molecule has 0 N–H and O–H groups in total. The Morgan fingerprint density at radius 3 is 2.35 bits per heavy atom. The van der Waals surface area contributed by atoms with Crippen molar-refractivity contribution in [2.75, 3.05) is 0 Å². The van der Waals surface area contributed by atoms with Crippen molar-refractivity contribution in [3.63, 3.8) is 0 Å². The average molecular weight is 346 g/mol. The zero-order valence-corrected chi connectivity index (χ0v) is 11.4. The number of ether oxygens (including phenoxy) is 1. The summed E-state index contributed by atoms with van der Waals surface area (Å²) in [4.78, 5) is 15.9. The van der Waals surface area contributed by atoms with Gasteiger partial charge in [-0.05, 0) is 46.3 Å². The van der Waals surface area contributed by atoms with Gasteiger partial charge in [0.25, 0.3) is 0 Å². The number of pyridine rings is 1. The van der Waals surface area contributed by atoms with Crippen LogP contribution in [-0.4, -0.2) is 17.1 Å². The Morgan fingerprint density at radius 1 is 1.15 bits per heavy atom. The Kier molecular flexibility index (Phi) is 4.08. The molecule has 2 aromatic rings. The lowest BCUT2D eigenvalue weighted by atomic mass is 10.0. The van der Waals surface area contributed by atoms with Gasteiger partial charge in [-0.25, -0.2) is 0 Å². The molecule has 0 aliphatic rings. The third-order valence-electron chi connectivity index (χ3n) is 2.36. The first-order chi connectivity index (χ1) is 9.37. The van der Waals surface area contributed by atoms with Gasteiger partial charge < -0.3 is 4.74 Å². The maximum atomic E-state index is 12.1. The van der Waals surface area contributed by atoms with E-state index in [1.54, 1.807) is 0 Å². The fourth-order valence-electron chi connectivity index (χ4n) is 1.54. The summed E-state index contributed by atoms with van der Waals surface area (Å²) in [5, 5.41) is 0. The van der Waals surface area contributed by atoms with E-state index in [-0.39, 0.29) is 15.8 Å². The van der Waals surface area contributed by atoms with Gasteiger partial charge >= 0.3 is 6.36 Å². The number of hydrogen-bond acceptors (Lipinski definition) is 3. The molecule has 0 aliphatic heterocycles. The molecule has 3 nitrogen and oxygen atoms in total. The smallest absolute Gasteiger partial charge is 0.406 e. The highest BCUT2D eigenvalue weighted by molar-refractivity contribution is 9.10. The number of carbonyl (C=O) groups is 1. The van der Waals surface area contributed by atoms with Gasteiger partial charge in [-0.2, -0.15) is 0 Å². The molecule has 0 atom stereocenters. The van der Waals surface area contributed by atoms with Crippen LogP contribution in [0.15, 0.2) is 47.2 Å². The van der Waals surface area contributed by atoms with Gasteiger partial charge in [0.05, 0.1) is 0 Å². The van der Waals surface area contributed by atoms with Crippen LogP contribution in [-0.2, 0) is 0 Å². The van der Waals surface area contributed by atoms with E-state index in [9.17, 15) is 18.0 Å². The van der Waals surface area contributed by atoms with E-state index in [0.29, 0.717) is 5.56 Å². The van der Waals surface area contributed by atoms with Gasteiger partial charge in [0.2, 0.25) is 0 Å². The van der Waals surface area contributed by atoms with Crippen LogP contribution in [0.2, 0.25) is 0 Å². The first-order valence-electron chi connectivity index (χ1n) is 5.37. The van der Waals surface area contributed by atoms with Gasteiger partial charge in [-0.15, -0.1) is 13.2 Å². The molecule has 0 fully saturated rings. The normalized spacial score (nSPS) is 11.2. The lowest BCUT2D eigenvalue weighted by molar-refractivity contribution is -0.274. The van der Waals surface area contributed by atoms with Crippen molar-refractivity contribution in [1.29, 1.82) is 0 Å². The lowest BCUT2D eigenvalue weighted by Gasteiger charge is -2.10. The maximum absolute atomic E-state index is 12.1. The van der Waals surface area contributed by atoms with Crippen LogP contribution >= 0.6 is 15.9 Å². The SMILES string of the molecule is O=C(c1ccncc1)c1ccc(OC(F)(F)F)cc1Br. The molecule has 2 rings (SSSR count). The standard InChI is InChI=1S/C13H7BrF3NO2/c14-11-7-9(20-13(15,16)17)1-2-10(11)12(19)8-3-5-18-6-4-8/h1-7H. The monoisotopic (exact) mass is 345 g/mol. The highest BCUT2D eigenvalue weighted by Gasteiger charge is 2.31. The Labute approximate surface area is 120 Å². The summed E-state index contributed by atoms with van der Waals surface area (Å²) < 4.78 is 40.3. The Bertz CT molecular complexity index is 629. The fraction of sp³-hybridized carbons (Fsp3) is 0.0769.